The fraction of sp³-hybridized carbons (Fsp3) is 0.0625. The van der Waals surface area contributed by atoms with Crippen LogP contribution in [-0.2, 0) is 4.79 Å². The first-order valence-corrected chi connectivity index (χ1v) is 6.45. The molecule has 104 valence electrons. The number of likely N-dealkylation sites (N-methyl/N-ethyl adjacent to an activating group) is 1. The number of carbonyl (C=O) groups excluding carboxylic acids is 1. The third kappa shape index (κ3) is 2.29. The number of nitrogens with zero attached hydrogens (tertiary/aromatic N) is 3. The van der Waals surface area contributed by atoms with Gasteiger partial charge in [-0.2, -0.15) is 5.10 Å². The van der Waals surface area contributed by atoms with Crippen LogP contribution in [0, 0.1) is 0 Å². The summed E-state index contributed by atoms with van der Waals surface area (Å²) in [7, 11) is 1.70. The Kier molecular flexibility index (Phi) is 3.23. The maximum Gasteiger partial charge on any atom is 0.279 e. The molecule has 0 saturated heterocycles. The molecule has 0 aromatic heterocycles. The fourth-order valence-corrected chi connectivity index (χ4v) is 2.19. The molecule has 5 nitrogen and oxygen atoms in total. The van der Waals surface area contributed by atoms with Gasteiger partial charge in [0.2, 0.25) is 0 Å². The van der Waals surface area contributed by atoms with Gasteiger partial charge in [-0.3, -0.25) is 4.79 Å². The molecule has 1 N–H and O–H groups in total. The zero-order chi connectivity index (χ0) is 14.8. The first kappa shape index (κ1) is 13.1. The molecule has 0 atom stereocenters. The predicted molar refractivity (Wildman–Crippen MR) is 82.1 cm³/mol. The summed E-state index contributed by atoms with van der Waals surface area (Å²) in [6, 6.07) is 14.2. The molecular formula is C16H13N3O2. The van der Waals surface area contributed by atoms with Crippen molar-refractivity contribution in [3.63, 3.8) is 0 Å². The van der Waals surface area contributed by atoms with Gasteiger partial charge in [0.25, 0.3) is 5.91 Å². The van der Waals surface area contributed by atoms with E-state index in [0.717, 1.165) is 11.3 Å². The molecule has 0 spiro atoms. The van der Waals surface area contributed by atoms with Crippen LogP contribution in [0.25, 0.3) is 0 Å². The fourth-order valence-electron chi connectivity index (χ4n) is 2.19. The molecule has 3 rings (SSSR count). The Morgan fingerprint density at radius 1 is 1.10 bits per heavy atom. The number of amides is 1. The highest BCUT2D eigenvalue weighted by Gasteiger charge is 2.30. The molecule has 21 heavy (non-hydrogen) atoms. The number of hydrogen-bond donors (Lipinski definition) is 1. The first-order valence-electron chi connectivity index (χ1n) is 6.45. The molecular weight excluding hydrogens is 266 g/mol. The molecule has 5 heteroatoms. The van der Waals surface area contributed by atoms with Crippen molar-refractivity contribution in [2.45, 2.75) is 0 Å². The average molecular weight is 279 g/mol. The Hall–Kier alpha value is -2.95. The van der Waals surface area contributed by atoms with Gasteiger partial charge in [-0.1, -0.05) is 30.3 Å². The van der Waals surface area contributed by atoms with Crippen LogP contribution in [0.4, 0.5) is 5.69 Å². The van der Waals surface area contributed by atoms with E-state index in [1.54, 1.807) is 36.2 Å². The van der Waals surface area contributed by atoms with Gasteiger partial charge in [0, 0.05) is 18.2 Å². The number of aromatic hydroxyl groups is 1. The SMILES string of the molecule is CN1C(=O)C(=N/N=C/c2ccccc2O)c2ccccc21. The molecule has 0 radical (unpaired) electrons. The van der Waals surface area contributed by atoms with Gasteiger partial charge in [0.1, 0.15) is 5.75 Å². The van der Waals surface area contributed by atoms with Crippen molar-refractivity contribution in [2.24, 2.45) is 10.2 Å². The summed E-state index contributed by atoms with van der Waals surface area (Å²) in [5.41, 5.74) is 2.44. The van der Waals surface area contributed by atoms with Gasteiger partial charge >= 0.3 is 0 Å². The zero-order valence-corrected chi connectivity index (χ0v) is 11.4. The third-order valence-corrected chi connectivity index (χ3v) is 3.32. The maximum atomic E-state index is 12.1. The van der Waals surface area contributed by atoms with Crippen LogP contribution in [0.1, 0.15) is 11.1 Å². The number of fused-ring (bicyclic) bond motifs is 1. The largest absolute Gasteiger partial charge is 0.507 e. The molecule has 0 fully saturated rings. The lowest BCUT2D eigenvalue weighted by Gasteiger charge is -2.07. The van der Waals surface area contributed by atoms with E-state index >= 15 is 0 Å². The van der Waals surface area contributed by atoms with Crippen molar-refractivity contribution in [1.82, 2.24) is 0 Å². The number of phenolic OH excluding ortho intramolecular Hbond substituents is 1. The van der Waals surface area contributed by atoms with Gasteiger partial charge in [-0.25, -0.2) is 0 Å². The average Bonchev–Trinajstić information content (AvgIpc) is 2.74. The maximum absolute atomic E-state index is 12.1. The number of rotatable bonds is 2. The van der Waals surface area contributed by atoms with Crippen LogP contribution in [0.2, 0.25) is 0 Å². The summed E-state index contributed by atoms with van der Waals surface area (Å²) >= 11 is 0. The predicted octanol–water partition coefficient (Wildman–Crippen LogP) is 2.19. The highest BCUT2D eigenvalue weighted by molar-refractivity contribution is 6.54. The molecule has 1 heterocycles. The first-order chi connectivity index (χ1) is 10.2. The van der Waals surface area contributed by atoms with Crippen LogP contribution in [0.3, 0.4) is 0 Å². The minimum Gasteiger partial charge on any atom is -0.507 e. The number of anilines is 1. The van der Waals surface area contributed by atoms with E-state index in [0.29, 0.717) is 11.3 Å². The van der Waals surface area contributed by atoms with Crippen LogP contribution in [0.15, 0.2) is 58.7 Å². The molecule has 1 aliphatic heterocycles. The van der Waals surface area contributed by atoms with Crippen LogP contribution < -0.4 is 4.90 Å². The minimum atomic E-state index is -0.189. The molecule has 0 aliphatic carbocycles. The van der Waals surface area contributed by atoms with Crippen LogP contribution in [-0.4, -0.2) is 30.0 Å². The third-order valence-electron chi connectivity index (χ3n) is 3.32. The molecule has 2 aromatic carbocycles. The molecule has 1 aliphatic rings. The lowest BCUT2D eigenvalue weighted by Crippen LogP contribution is -2.25. The molecule has 0 bridgehead atoms. The van der Waals surface area contributed by atoms with Crippen molar-refractivity contribution in [1.29, 1.82) is 0 Å². The summed E-state index contributed by atoms with van der Waals surface area (Å²) in [6.07, 6.45) is 1.43. The number of phenols is 1. The van der Waals surface area contributed by atoms with Gasteiger partial charge in [0.05, 0.1) is 11.9 Å². The van der Waals surface area contributed by atoms with Crippen molar-refractivity contribution >= 4 is 23.5 Å². The molecule has 0 unspecified atom stereocenters. The van der Waals surface area contributed by atoms with Gasteiger partial charge in [-0.05, 0) is 18.2 Å². The lowest BCUT2D eigenvalue weighted by molar-refractivity contribution is -0.111. The number of hydrogen-bond acceptors (Lipinski definition) is 4. The van der Waals surface area contributed by atoms with Gasteiger partial charge in [-0.15, -0.1) is 5.10 Å². The second kappa shape index (κ2) is 5.20. The summed E-state index contributed by atoms with van der Waals surface area (Å²) in [5, 5.41) is 17.6. The Bertz CT molecular complexity index is 766. The van der Waals surface area contributed by atoms with E-state index in [1.165, 1.54) is 6.21 Å². The van der Waals surface area contributed by atoms with E-state index in [2.05, 4.69) is 10.2 Å². The topological polar surface area (TPSA) is 65.3 Å². The number of para-hydroxylation sites is 2. The summed E-state index contributed by atoms with van der Waals surface area (Å²) in [5.74, 6) is -0.0673. The Balaban J connectivity index is 1.94. The van der Waals surface area contributed by atoms with Gasteiger partial charge in [0.15, 0.2) is 5.71 Å². The standard InChI is InChI=1S/C16H13N3O2/c1-19-13-8-4-3-7-12(13)15(16(19)21)18-17-10-11-6-2-5-9-14(11)20/h2-10,20H,1H3/b17-10+,18-15?. The highest BCUT2D eigenvalue weighted by atomic mass is 16.3. The van der Waals surface area contributed by atoms with Crippen LogP contribution >= 0.6 is 0 Å². The van der Waals surface area contributed by atoms with Crippen molar-refractivity contribution < 1.29 is 9.90 Å². The van der Waals surface area contributed by atoms with E-state index in [1.807, 2.05) is 24.3 Å². The van der Waals surface area contributed by atoms with E-state index in [-0.39, 0.29) is 11.7 Å². The van der Waals surface area contributed by atoms with Crippen molar-refractivity contribution in [2.75, 3.05) is 11.9 Å². The Labute approximate surface area is 121 Å². The second-order valence-electron chi connectivity index (χ2n) is 4.63. The Morgan fingerprint density at radius 2 is 1.81 bits per heavy atom. The lowest BCUT2D eigenvalue weighted by atomic mass is 10.1. The molecule has 0 saturated carbocycles. The normalized spacial score (nSPS) is 16.0. The number of carbonyl (C=O) groups is 1. The number of benzene rings is 2. The summed E-state index contributed by atoms with van der Waals surface area (Å²) in [4.78, 5) is 13.7. The molecule has 1 amide bonds. The van der Waals surface area contributed by atoms with E-state index in [9.17, 15) is 9.90 Å². The quantitative estimate of drug-likeness (QED) is 0.676. The van der Waals surface area contributed by atoms with Crippen molar-refractivity contribution in [3.05, 3.63) is 59.7 Å². The van der Waals surface area contributed by atoms with Crippen LogP contribution in [0.5, 0.6) is 5.75 Å². The summed E-state index contributed by atoms with van der Waals surface area (Å²) in [6.45, 7) is 0. The zero-order valence-electron chi connectivity index (χ0n) is 11.4. The highest BCUT2D eigenvalue weighted by Crippen LogP contribution is 2.27. The smallest absolute Gasteiger partial charge is 0.279 e. The monoisotopic (exact) mass is 279 g/mol. The minimum absolute atomic E-state index is 0.122. The second-order valence-corrected chi connectivity index (χ2v) is 4.63. The Morgan fingerprint density at radius 3 is 2.62 bits per heavy atom. The molecule has 2 aromatic rings. The van der Waals surface area contributed by atoms with E-state index in [4.69, 9.17) is 0 Å². The van der Waals surface area contributed by atoms with E-state index < -0.39 is 0 Å². The summed E-state index contributed by atoms with van der Waals surface area (Å²) < 4.78 is 0. The van der Waals surface area contributed by atoms with Gasteiger partial charge < -0.3 is 10.0 Å². The van der Waals surface area contributed by atoms with Crippen molar-refractivity contribution in [3.8, 4) is 5.75 Å².